The second kappa shape index (κ2) is 6.28. The normalized spacial score (nSPS) is 21.1. The first kappa shape index (κ1) is 15.5. The van der Waals surface area contributed by atoms with Crippen molar-refractivity contribution in [2.45, 2.75) is 6.04 Å². The number of carboxylic acid groups (broad SMARTS) is 1. The SMILES string of the molecule is CN(C(=O)Nc1ccc(F)cc1Cl)C1COCC1C(=O)O. The van der Waals surface area contributed by atoms with Gasteiger partial charge in [-0.2, -0.15) is 0 Å². The van der Waals surface area contributed by atoms with E-state index in [1.54, 1.807) is 0 Å². The number of hydrogen-bond donors (Lipinski definition) is 2. The molecule has 2 amide bonds. The second-order valence-electron chi connectivity index (χ2n) is 4.71. The lowest BCUT2D eigenvalue weighted by molar-refractivity contribution is -0.142. The van der Waals surface area contributed by atoms with Crippen LogP contribution in [0, 0.1) is 11.7 Å². The number of benzene rings is 1. The number of halogens is 2. The van der Waals surface area contributed by atoms with Gasteiger partial charge in [0.1, 0.15) is 11.7 Å². The van der Waals surface area contributed by atoms with Crippen molar-refractivity contribution in [3.8, 4) is 0 Å². The lowest BCUT2D eigenvalue weighted by Crippen LogP contribution is -2.45. The highest BCUT2D eigenvalue weighted by Crippen LogP contribution is 2.24. The van der Waals surface area contributed by atoms with Crippen molar-refractivity contribution in [2.24, 2.45) is 5.92 Å². The maximum Gasteiger partial charge on any atom is 0.321 e. The van der Waals surface area contributed by atoms with Crippen molar-refractivity contribution in [2.75, 3.05) is 25.6 Å². The van der Waals surface area contributed by atoms with Crippen LogP contribution < -0.4 is 5.32 Å². The van der Waals surface area contributed by atoms with E-state index in [0.717, 1.165) is 6.07 Å². The molecule has 1 aliphatic rings. The summed E-state index contributed by atoms with van der Waals surface area (Å²) in [6.45, 7) is 0.215. The molecule has 1 fully saturated rings. The van der Waals surface area contributed by atoms with Gasteiger partial charge in [-0.15, -0.1) is 0 Å². The molecular formula is C13H14ClFN2O4. The van der Waals surface area contributed by atoms with Crippen LogP contribution >= 0.6 is 11.6 Å². The summed E-state index contributed by atoms with van der Waals surface area (Å²) in [5, 5.41) is 11.7. The van der Waals surface area contributed by atoms with Crippen LogP contribution in [0.25, 0.3) is 0 Å². The van der Waals surface area contributed by atoms with Crippen LogP contribution in [0.5, 0.6) is 0 Å². The summed E-state index contributed by atoms with van der Waals surface area (Å²) in [6, 6.07) is 2.48. The zero-order valence-corrected chi connectivity index (χ0v) is 11.9. The Morgan fingerprint density at radius 1 is 1.48 bits per heavy atom. The van der Waals surface area contributed by atoms with Crippen molar-refractivity contribution >= 4 is 29.3 Å². The molecule has 0 radical (unpaired) electrons. The Morgan fingerprint density at radius 3 is 2.81 bits per heavy atom. The van der Waals surface area contributed by atoms with Crippen molar-refractivity contribution < 1.29 is 23.8 Å². The first-order chi connectivity index (χ1) is 9.90. The van der Waals surface area contributed by atoms with Gasteiger partial charge in [0, 0.05) is 7.05 Å². The number of ether oxygens (including phenoxy) is 1. The number of aliphatic carboxylic acids is 1. The topological polar surface area (TPSA) is 78.9 Å². The molecule has 8 heteroatoms. The van der Waals surface area contributed by atoms with Crippen LogP contribution in [0.15, 0.2) is 18.2 Å². The Bertz CT molecular complexity index is 569. The van der Waals surface area contributed by atoms with E-state index < -0.39 is 29.8 Å². The van der Waals surface area contributed by atoms with Crippen LogP contribution in [-0.2, 0) is 9.53 Å². The first-order valence-corrected chi connectivity index (χ1v) is 6.57. The Hall–Kier alpha value is -1.86. The largest absolute Gasteiger partial charge is 0.481 e. The molecule has 1 saturated heterocycles. The summed E-state index contributed by atoms with van der Waals surface area (Å²) >= 11 is 5.83. The van der Waals surface area contributed by atoms with Crippen LogP contribution in [-0.4, -0.2) is 48.3 Å². The molecule has 0 aliphatic carbocycles. The molecule has 2 rings (SSSR count). The maximum atomic E-state index is 12.9. The van der Waals surface area contributed by atoms with Crippen molar-refractivity contribution in [1.82, 2.24) is 4.90 Å². The number of urea groups is 1. The number of carbonyl (C=O) groups excluding carboxylic acids is 1. The average Bonchev–Trinajstić information content (AvgIpc) is 2.90. The van der Waals surface area contributed by atoms with Gasteiger partial charge in [0.25, 0.3) is 0 Å². The zero-order valence-electron chi connectivity index (χ0n) is 11.2. The van der Waals surface area contributed by atoms with E-state index in [-0.39, 0.29) is 23.9 Å². The van der Waals surface area contributed by atoms with Crippen LogP contribution in [0.2, 0.25) is 5.02 Å². The third-order valence-corrected chi connectivity index (χ3v) is 3.67. The standard InChI is InChI=1S/C13H14ClFN2O4/c1-17(11-6-21-5-8(11)12(18)19)13(20)16-10-3-2-7(15)4-9(10)14/h2-4,8,11H,5-6H2,1H3,(H,16,20)(H,18,19). The van der Waals surface area contributed by atoms with Crippen molar-refractivity contribution in [3.63, 3.8) is 0 Å². The Morgan fingerprint density at radius 2 is 2.19 bits per heavy atom. The predicted octanol–water partition coefficient (Wildman–Crippen LogP) is 2.04. The van der Waals surface area contributed by atoms with Crippen molar-refractivity contribution in [1.29, 1.82) is 0 Å². The smallest absolute Gasteiger partial charge is 0.321 e. The van der Waals surface area contributed by atoms with Gasteiger partial charge in [-0.1, -0.05) is 11.6 Å². The number of nitrogens with zero attached hydrogens (tertiary/aromatic N) is 1. The molecule has 2 atom stereocenters. The number of carboxylic acids is 1. The molecule has 1 aromatic rings. The molecule has 1 heterocycles. The third-order valence-electron chi connectivity index (χ3n) is 3.36. The quantitative estimate of drug-likeness (QED) is 0.894. The highest BCUT2D eigenvalue weighted by atomic mass is 35.5. The minimum Gasteiger partial charge on any atom is -0.481 e. The van der Waals surface area contributed by atoms with Gasteiger partial charge in [-0.25, -0.2) is 9.18 Å². The van der Waals surface area contributed by atoms with Gasteiger partial charge < -0.3 is 20.1 Å². The Labute approximate surface area is 125 Å². The minimum absolute atomic E-state index is 0.0641. The molecule has 6 nitrogen and oxygen atoms in total. The van der Waals surface area contributed by atoms with E-state index >= 15 is 0 Å². The van der Waals surface area contributed by atoms with Gasteiger partial charge in [-0.3, -0.25) is 4.79 Å². The number of anilines is 1. The van der Waals surface area contributed by atoms with Crippen molar-refractivity contribution in [3.05, 3.63) is 29.0 Å². The monoisotopic (exact) mass is 316 g/mol. The molecule has 0 spiro atoms. The summed E-state index contributed by atoms with van der Waals surface area (Å²) in [4.78, 5) is 24.5. The average molecular weight is 317 g/mol. The molecule has 114 valence electrons. The summed E-state index contributed by atoms with van der Waals surface area (Å²) in [7, 11) is 1.47. The molecule has 2 unspecified atom stereocenters. The lowest BCUT2D eigenvalue weighted by atomic mass is 10.0. The van der Waals surface area contributed by atoms with E-state index in [9.17, 15) is 14.0 Å². The highest BCUT2D eigenvalue weighted by molar-refractivity contribution is 6.33. The van der Waals surface area contributed by atoms with E-state index in [1.807, 2.05) is 0 Å². The van der Waals surface area contributed by atoms with E-state index in [0.29, 0.717) is 0 Å². The summed E-state index contributed by atoms with van der Waals surface area (Å²) < 4.78 is 18.1. The molecule has 0 bridgehead atoms. The number of carbonyl (C=O) groups is 2. The third kappa shape index (κ3) is 3.43. The fourth-order valence-electron chi connectivity index (χ4n) is 2.11. The molecule has 1 aliphatic heterocycles. The molecule has 0 aromatic heterocycles. The molecule has 2 N–H and O–H groups in total. The molecule has 1 aromatic carbocycles. The number of rotatable bonds is 3. The highest BCUT2D eigenvalue weighted by Gasteiger charge is 2.38. The van der Waals surface area contributed by atoms with Gasteiger partial charge in [-0.05, 0) is 18.2 Å². The number of nitrogens with one attached hydrogen (secondary N) is 1. The molecular weight excluding hydrogens is 303 g/mol. The number of hydrogen-bond acceptors (Lipinski definition) is 3. The second-order valence-corrected chi connectivity index (χ2v) is 5.12. The zero-order chi connectivity index (χ0) is 15.6. The van der Waals surface area contributed by atoms with E-state index in [4.69, 9.17) is 21.4 Å². The predicted molar refractivity (Wildman–Crippen MR) is 73.9 cm³/mol. The van der Waals surface area contributed by atoms with E-state index in [2.05, 4.69) is 5.32 Å². The summed E-state index contributed by atoms with van der Waals surface area (Å²) in [5.74, 6) is -2.30. The van der Waals surface area contributed by atoms with E-state index in [1.165, 1.54) is 24.1 Å². The number of likely N-dealkylation sites (N-methyl/N-ethyl adjacent to an activating group) is 1. The maximum absolute atomic E-state index is 12.9. The Kier molecular flexibility index (Phi) is 4.64. The van der Waals surface area contributed by atoms with Crippen LogP contribution in [0.1, 0.15) is 0 Å². The molecule has 0 saturated carbocycles. The first-order valence-electron chi connectivity index (χ1n) is 6.19. The van der Waals surface area contributed by atoms with Gasteiger partial charge in [0.15, 0.2) is 0 Å². The Balaban J connectivity index is 2.07. The summed E-state index contributed by atoms with van der Waals surface area (Å²) in [5.41, 5.74) is 0.251. The number of amides is 2. The van der Waals surface area contributed by atoms with Gasteiger partial charge >= 0.3 is 12.0 Å². The van der Waals surface area contributed by atoms with Crippen LogP contribution in [0.3, 0.4) is 0 Å². The molecule has 21 heavy (non-hydrogen) atoms. The fraction of sp³-hybridized carbons (Fsp3) is 0.385. The summed E-state index contributed by atoms with van der Waals surface area (Å²) in [6.07, 6.45) is 0. The lowest BCUT2D eigenvalue weighted by Gasteiger charge is -2.26. The fourth-order valence-corrected chi connectivity index (χ4v) is 2.32. The van der Waals surface area contributed by atoms with Gasteiger partial charge in [0.05, 0.1) is 30.0 Å². The van der Waals surface area contributed by atoms with Crippen LogP contribution in [0.4, 0.5) is 14.9 Å². The minimum atomic E-state index is -1.02. The van der Waals surface area contributed by atoms with Gasteiger partial charge in [0.2, 0.25) is 0 Å².